The van der Waals surface area contributed by atoms with E-state index < -0.39 is 0 Å². The van der Waals surface area contributed by atoms with Crippen LogP contribution in [0.4, 0.5) is 17.5 Å². The van der Waals surface area contributed by atoms with Gasteiger partial charge in [0.05, 0.1) is 0 Å². The molecule has 0 spiro atoms. The second-order valence-corrected chi connectivity index (χ2v) is 7.31. The van der Waals surface area contributed by atoms with Crippen LogP contribution in [0.5, 0.6) is 0 Å². The molecule has 2 heterocycles. The van der Waals surface area contributed by atoms with Gasteiger partial charge in [0.2, 0.25) is 5.95 Å². The van der Waals surface area contributed by atoms with E-state index in [-0.39, 0.29) is 0 Å². The number of nitrogens with zero attached hydrogens (tertiary/aromatic N) is 3. The smallest absolute Gasteiger partial charge is 0.229 e. The summed E-state index contributed by atoms with van der Waals surface area (Å²) in [5.41, 5.74) is 3.62. The van der Waals surface area contributed by atoms with Crippen LogP contribution in [-0.2, 0) is 13.0 Å². The van der Waals surface area contributed by atoms with Crippen LogP contribution in [0.1, 0.15) is 11.1 Å². The number of benzene rings is 2. The highest BCUT2D eigenvalue weighted by Crippen LogP contribution is 2.26. The lowest BCUT2D eigenvalue weighted by atomic mass is 10.00. The minimum atomic E-state index is 0.571. The molecule has 4 nitrogen and oxygen atoms in total. The van der Waals surface area contributed by atoms with E-state index >= 15 is 0 Å². The van der Waals surface area contributed by atoms with Crippen LogP contribution in [0, 0.1) is 0 Å². The fourth-order valence-corrected chi connectivity index (χ4v) is 3.60. The lowest BCUT2D eigenvalue weighted by Crippen LogP contribution is -2.31. The Morgan fingerprint density at radius 3 is 2.88 bits per heavy atom. The minimum absolute atomic E-state index is 0.571. The summed E-state index contributed by atoms with van der Waals surface area (Å²) in [6, 6.07) is 16.0. The van der Waals surface area contributed by atoms with Gasteiger partial charge >= 0.3 is 0 Å². The van der Waals surface area contributed by atoms with E-state index in [1.807, 2.05) is 30.3 Å². The Morgan fingerprint density at radius 2 is 2.00 bits per heavy atom. The number of halogens is 2. The number of hydrogen-bond acceptors (Lipinski definition) is 4. The van der Waals surface area contributed by atoms with E-state index in [1.165, 1.54) is 11.1 Å². The number of anilines is 3. The normalized spacial score (nSPS) is 13.4. The molecule has 1 aliphatic heterocycles. The second kappa shape index (κ2) is 7.02. The van der Waals surface area contributed by atoms with Crippen molar-refractivity contribution >= 4 is 45.0 Å². The van der Waals surface area contributed by atoms with Crippen molar-refractivity contribution < 1.29 is 0 Å². The number of rotatable bonds is 3. The van der Waals surface area contributed by atoms with Crippen LogP contribution in [0.25, 0.3) is 0 Å². The van der Waals surface area contributed by atoms with Crippen LogP contribution in [0.3, 0.4) is 0 Å². The van der Waals surface area contributed by atoms with Crippen molar-refractivity contribution in [3.05, 3.63) is 75.4 Å². The molecule has 4 rings (SSSR count). The van der Waals surface area contributed by atoms with Crippen LogP contribution in [-0.4, -0.2) is 16.5 Å². The van der Waals surface area contributed by atoms with Gasteiger partial charge in [-0.05, 0) is 53.9 Å². The lowest BCUT2D eigenvalue weighted by molar-refractivity contribution is 0.719. The first kappa shape index (κ1) is 16.4. The third-order valence-corrected chi connectivity index (χ3v) is 4.95. The van der Waals surface area contributed by atoms with Gasteiger partial charge in [-0.25, -0.2) is 4.98 Å². The van der Waals surface area contributed by atoms with E-state index in [0.29, 0.717) is 11.0 Å². The van der Waals surface area contributed by atoms with Gasteiger partial charge in [0.15, 0.2) is 0 Å². The van der Waals surface area contributed by atoms with Crippen molar-refractivity contribution in [1.82, 2.24) is 9.97 Å². The number of nitrogens with one attached hydrogen (secondary N) is 1. The molecule has 0 saturated carbocycles. The van der Waals surface area contributed by atoms with E-state index in [4.69, 9.17) is 11.6 Å². The van der Waals surface area contributed by atoms with E-state index in [9.17, 15) is 0 Å². The molecule has 2 aromatic carbocycles. The highest BCUT2D eigenvalue weighted by Gasteiger charge is 2.18. The molecule has 0 bridgehead atoms. The molecule has 1 aliphatic rings. The highest BCUT2D eigenvalue weighted by molar-refractivity contribution is 9.10. The molecule has 0 radical (unpaired) electrons. The van der Waals surface area contributed by atoms with Gasteiger partial charge < -0.3 is 10.2 Å². The van der Waals surface area contributed by atoms with Gasteiger partial charge in [0.25, 0.3) is 0 Å². The maximum atomic E-state index is 6.03. The SMILES string of the molecule is Clc1cccc(Nc2nccc(N3CCc4cc(Br)ccc4C3)n2)c1. The molecule has 0 unspecified atom stereocenters. The number of aromatic nitrogens is 2. The molecular formula is C19H16BrClN4. The predicted molar refractivity (Wildman–Crippen MR) is 106 cm³/mol. The second-order valence-electron chi connectivity index (χ2n) is 5.96. The van der Waals surface area contributed by atoms with Crippen molar-refractivity contribution in [3.63, 3.8) is 0 Å². The Labute approximate surface area is 160 Å². The highest BCUT2D eigenvalue weighted by atomic mass is 79.9. The van der Waals surface area contributed by atoms with E-state index in [1.54, 1.807) is 6.20 Å². The standard InChI is InChI=1S/C19H16BrClN4/c20-15-5-4-14-12-25(9-7-13(14)10-15)18-6-8-22-19(24-18)23-17-3-1-2-16(21)11-17/h1-6,8,10-11H,7,9,12H2,(H,22,23,24). The Balaban J connectivity index is 1.54. The minimum Gasteiger partial charge on any atom is -0.352 e. The number of hydrogen-bond donors (Lipinski definition) is 1. The molecule has 0 fully saturated rings. The molecule has 1 aromatic heterocycles. The third kappa shape index (κ3) is 3.78. The summed E-state index contributed by atoms with van der Waals surface area (Å²) >= 11 is 9.58. The Morgan fingerprint density at radius 1 is 1.08 bits per heavy atom. The summed E-state index contributed by atoms with van der Waals surface area (Å²) in [7, 11) is 0. The van der Waals surface area contributed by atoms with Crippen LogP contribution >= 0.6 is 27.5 Å². The molecule has 3 aromatic rings. The monoisotopic (exact) mass is 414 g/mol. The van der Waals surface area contributed by atoms with Gasteiger partial charge in [0, 0.05) is 34.5 Å². The molecule has 1 N–H and O–H groups in total. The largest absolute Gasteiger partial charge is 0.352 e. The van der Waals surface area contributed by atoms with Crippen LogP contribution in [0.2, 0.25) is 5.02 Å². The molecular weight excluding hydrogens is 400 g/mol. The zero-order chi connectivity index (χ0) is 17.2. The first-order chi connectivity index (χ1) is 12.2. The van der Waals surface area contributed by atoms with E-state index in [0.717, 1.165) is 35.5 Å². The summed E-state index contributed by atoms with van der Waals surface area (Å²) in [4.78, 5) is 11.3. The number of fused-ring (bicyclic) bond motifs is 1. The van der Waals surface area contributed by atoms with Gasteiger partial charge in [-0.3, -0.25) is 0 Å². The topological polar surface area (TPSA) is 41.1 Å². The maximum absolute atomic E-state index is 6.03. The van der Waals surface area contributed by atoms with Gasteiger partial charge in [-0.15, -0.1) is 0 Å². The summed E-state index contributed by atoms with van der Waals surface area (Å²) in [5, 5.41) is 3.89. The third-order valence-electron chi connectivity index (χ3n) is 4.23. The van der Waals surface area contributed by atoms with E-state index in [2.05, 4.69) is 54.3 Å². The molecule has 25 heavy (non-hydrogen) atoms. The van der Waals surface area contributed by atoms with Gasteiger partial charge in [-0.2, -0.15) is 4.98 Å². The maximum Gasteiger partial charge on any atom is 0.229 e. The summed E-state index contributed by atoms with van der Waals surface area (Å²) in [6.45, 7) is 1.80. The molecule has 0 aliphatic carbocycles. The summed E-state index contributed by atoms with van der Waals surface area (Å²) in [6.07, 6.45) is 2.79. The molecule has 0 amide bonds. The summed E-state index contributed by atoms with van der Waals surface area (Å²) in [5.74, 6) is 1.49. The fraction of sp³-hybridized carbons (Fsp3) is 0.158. The van der Waals surface area contributed by atoms with Crippen LogP contribution in [0.15, 0.2) is 59.2 Å². The van der Waals surface area contributed by atoms with Crippen molar-refractivity contribution in [2.45, 2.75) is 13.0 Å². The Kier molecular flexibility index (Phi) is 4.59. The molecule has 0 saturated heterocycles. The average Bonchev–Trinajstić information content (AvgIpc) is 2.61. The Hall–Kier alpha value is -2.11. The first-order valence-corrected chi connectivity index (χ1v) is 9.22. The quantitative estimate of drug-likeness (QED) is 0.638. The zero-order valence-electron chi connectivity index (χ0n) is 13.4. The fourth-order valence-electron chi connectivity index (χ4n) is 3.00. The molecule has 126 valence electrons. The Bertz CT molecular complexity index is 915. The predicted octanol–water partition coefficient (Wildman–Crippen LogP) is 5.20. The van der Waals surface area contributed by atoms with Gasteiger partial charge in [0.1, 0.15) is 5.82 Å². The van der Waals surface area contributed by atoms with Crippen molar-refractivity contribution in [3.8, 4) is 0 Å². The lowest BCUT2D eigenvalue weighted by Gasteiger charge is -2.30. The van der Waals surface area contributed by atoms with Crippen LogP contribution < -0.4 is 10.2 Å². The average molecular weight is 416 g/mol. The zero-order valence-corrected chi connectivity index (χ0v) is 15.8. The van der Waals surface area contributed by atoms with Gasteiger partial charge in [-0.1, -0.05) is 39.7 Å². The van der Waals surface area contributed by atoms with Crippen molar-refractivity contribution in [1.29, 1.82) is 0 Å². The van der Waals surface area contributed by atoms with Crippen molar-refractivity contribution in [2.75, 3.05) is 16.8 Å². The molecule has 0 atom stereocenters. The molecule has 6 heteroatoms. The summed E-state index contributed by atoms with van der Waals surface area (Å²) < 4.78 is 1.13. The van der Waals surface area contributed by atoms with Crippen molar-refractivity contribution in [2.24, 2.45) is 0 Å². The first-order valence-electron chi connectivity index (χ1n) is 8.05.